The largest absolute Gasteiger partial charge is 0.458 e. The van der Waals surface area contributed by atoms with Gasteiger partial charge in [0.15, 0.2) is 11.6 Å². The standard InChI is InChI=1S/C20H20O6/c1-13(21)15-3-7-17(8-4-15)25-19-20(24-12-11-23-19)26-18-9-5-16(6-10-18)14(2)22/h3-10,19-20H,11-12H2,1-2H3/t19-,20-/m0/s1. The Bertz CT molecular complexity index is 698. The Balaban J connectivity index is 1.67. The molecule has 0 bridgehead atoms. The van der Waals surface area contributed by atoms with Crippen LogP contribution in [0.1, 0.15) is 34.6 Å². The first kappa shape index (κ1) is 18.1. The molecule has 0 N–H and O–H groups in total. The summed E-state index contributed by atoms with van der Waals surface area (Å²) < 4.78 is 22.8. The van der Waals surface area contributed by atoms with Gasteiger partial charge in [0.2, 0.25) is 0 Å². The first-order valence-corrected chi connectivity index (χ1v) is 8.31. The molecule has 1 aliphatic rings. The van der Waals surface area contributed by atoms with Gasteiger partial charge in [-0.15, -0.1) is 0 Å². The molecule has 1 saturated heterocycles. The van der Waals surface area contributed by atoms with E-state index in [0.717, 1.165) is 0 Å². The van der Waals surface area contributed by atoms with Gasteiger partial charge in [-0.25, -0.2) is 0 Å². The van der Waals surface area contributed by atoms with Crippen molar-refractivity contribution in [2.45, 2.75) is 26.4 Å². The second-order valence-corrected chi connectivity index (χ2v) is 5.88. The van der Waals surface area contributed by atoms with E-state index in [1.165, 1.54) is 13.8 Å². The quantitative estimate of drug-likeness (QED) is 0.740. The molecule has 6 heteroatoms. The van der Waals surface area contributed by atoms with Crippen molar-refractivity contribution in [1.82, 2.24) is 0 Å². The van der Waals surface area contributed by atoms with E-state index in [2.05, 4.69) is 0 Å². The summed E-state index contributed by atoms with van der Waals surface area (Å²) in [6.07, 6.45) is -1.50. The molecule has 2 aromatic rings. The third-order valence-electron chi connectivity index (χ3n) is 3.90. The minimum absolute atomic E-state index is 0.0102. The van der Waals surface area contributed by atoms with Crippen LogP contribution in [-0.2, 0) is 9.47 Å². The molecule has 26 heavy (non-hydrogen) atoms. The molecular formula is C20H20O6. The van der Waals surface area contributed by atoms with Crippen LogP contribution < -0.4 is 9.47 Å². The maximum atomic E-state index is 11.3. The molecule has 0 unspecified atom stereocenters. The molecule has 1 fully saturated rings. The van der Waals surface area contributed by atoms with Gasteiger partial charge >= 0.3 is 0 Å². The molecule has 0 aromatic heterocycles. The van der Waals surface area contributed by atoms with E-state index < -0.39 is 12.6 Å². The van der Waals surface area contributed by atoms with Crippen LogP contribution in [0.5, 0.6) is 11.5 Å². The number of carbonyl (C=O) groups excluding carboxylic acids is 2. The Morgan fingerprint density at radius 1 is 0.731 bits per heavy atom. The van der Waals surface area contributed by atoms with Crippen LogP contribution in [0.25, 0.3) is 0 Å². The number of benzene rings is 2. The minimum atomic E-state index is -0.751. The van der Waals surface area contributed by atoms with Crippen molar-refractivity contribution in [2.75, 3.05) is 13.2 Å². The monoisotopic (exact) mass is 356 g/mol. The molecular weight excluding hydrogens is 336 g/mol. The van der Waals surface area contributed by atoms with Crippen LogP contribution in [0, 0.1) is 0 Å². The van der Waals surface area contributed by atoms with Gasteiger partial charge < -0.3 is 18.9 Å². The number of hydrogen-bond acceptors (Lipinski definition) is 6. The van der Waals surface area contributed by atoms with Crippen LogP contribution in [-0.4, -0.2) is 37.4 Å². The lowest BCUT2D eigenvalue weighted by atomic mass is 10.1. The minimum Gasteiger partial charge on any atom is -0.458 e. The normalized spacial score (nSPS) is 19.6. The molecule has 6 nitrogen and oxygen atoms in total. The zero-order chi connectivity index (χ0) is 18.5. The molecule has 136 valence electrons. The molecule has 1 heterocycles. The van der Waals surface area contributed by atoms with E-state index in [1.807, 2.05) is 0 Å². The Kier molecular flexibility index (Phi) is 5.65. The Hall–Kier alpha value is -2.70. The van der Waals surface area contributed by atoms with Crippen molar-refractivity contribution >= 4 is 11.6 Å². The van der Waals surface area contributed by atoms with Crippen LogP contribution in [0.3, 0.4) is 0 Å². The Morgan fingerprint density at radius 2 is 1.08 bits per heavy atom. The van der Waals surface area contributed by atoms with Crippen LogP contribution in [0.15, 0.2) is 48.5 Å². The van der Waals surface area contributed by atoms with Gasteiger partial charge in [-0.3, -0.25) is 9.59 Å². The maximum absolute atomic E-state index is 11.3. The molecule has 0 aliphatic carbocycles. The second kappa shape index (κ2) is 8.12. The number of hydrogen-bond donors (Lipinski definition) is 0. The van der Waals surface area contributed by atoms with E-state index in [1.54, 1.807) is 48.5 Å². The number of carbonyl (C=O) groups is 2. The summed E-state index contributed by atoms with van der Waals surface area (Å²) >= 11 is 0. The fourth-order valence-corrected chi connectivity index (χ4v) is 2.47. The van der Waals surface area contributed by atoms with Crippen LogP contribution >= 0.6 is 0 Å². The topological polar surface area (TPSA) is 71.1 Å². The third kappa shape index (κ3) is 4.47. The average Bonchev–Trinajstić information content (AvgIpc) is 2.64. The van der Waals surface area contributed by atoms with Gasteiger partial charge in [0.05, 0.1) is 13.2 Å². The van der Waals surface area contributed by atoms with Gasteiger partial charge in [-0.05, 0) is 62.4 Å². The van der Waals surface area contributed by atoms with Crippen molar-refractivity contribution < 1.29 is 28.5 Å². The average molecular weight is 356 g/mol. The van der Waals surface area contributed by atoms with Gasteiger partial charge in [0, 0.05) is 11.1 Å². The number of Topliss-reactive ketones (excluding diaryl/α,β-unsaturated/α-hetero) is 2. The molecule has 3 rings (SSSR count). The third-order valence-corrected chi connectivity index (χ3v) is 3.90. The Morgan fingerprint density at radius 3 is 1.38 bits per heavy atom. The highest BCUT2D eigenvalue weighted by molar-refractivity contribution is 5.94. The molecule has 1 aliphatic heterocycles. The summed E-state index contributed by atoms with van der Waals surface area (Å²) in [6, 6.07) is 13.6. The van der Waals surface area contributed by atoms with E-state index in [0.29, 0.717) is 35.8 Å². The van der Waals surface area contributed by atoms with Crippen molar-refractivity contribution in [2.24, 2.45) is 0 Å². The molecule has 2 atom stereocenters. The van der Waals surface area contributed by atoms with E-state index >= 15 is 0 Å². The van der Waals surface area contributed by atoms with Gasteiger partial charge in [0.25, 0.3) is 12.6 Å². The molecule has 0 amide bonds. The first-order chi connectivity index (χ1) is 12.5. The van der Waals surface area contributed by atoms with Gasteiger partial charge in [-0.1, -0.05) is 0 Å². The Labute approximate surface area is 151 Å². The van der Waals surface area contributed by atoms with Crippen molar-refractivity contribution in [3.8, 4) is 11.5 Å². The summed E-state index contributed by atoms with van der Waals surface area (Å²) in [5, 5.41) is 0. The molecule has 0 saturated carbocycles. The summed E-state index contributed by atoms with van der Waals surface area (Å²) in [5.41, 5.74) is 1.22. The smallest absolute Gasteiger partial charge is 0.263 e. The van der Waals surface area contributed by atoms with Gasteiger partial charge in [0.1, 0.15) is 11.5 Å². The lowest BCUT2D eigenvalue weighted by Gasteiger charge is -2.31. The number of rotatable bonds is 6. The van der Waals surface area contributed by atoms with Crippen molar-refractivity contribution in [3.05, 3.63) is 59.7 Å². The zero-order valence-corrected chi connectivity index (χ0v) is 14.6. The maximum Gasteiger partial charge on any atom is 0.263 e. The lowest BCUT2D eigenvalue weighted by Crippen LogP contribution is -2.45. The van der Waals surface area contributed by atoms with Crippen LogP contribution in [0.2, 0.25) is 0 Å². The lowest BCUT2D eigenvalue weighted by molar-refractivity contribution is -0.271. The van der Waals surface area contributed by atoms with Crippen molar-refractivity contribution in [3.63, 3.8) is 0 Å². The molecule has 2 aromatic carbocycles. The van der Waals surface area contributed by atoms with E-state index in [9.17, 15) is 9.59 Å². The highest BCUT2D eigenvalue weighted by Gasteiger charge is 2.31. The predicted molar refractivity (Wildman–Crippen MR) is 93.6 cm³/mol. The fourth-order valence-electron chi connectivity index (χ4n) is 2.47. The van der Waals surface area contributed by atoms with Crippen LogP contribution in [0.4, 0.5) is 0 Å². The molecule has 0 radical (unpaired) electrons. The highest BCUT2D eigenvalue weighted by Crippen LogP contribution is 2.22. The predicted octanol–water partition coefficient (Wildman–Crippen LogP) is 3.25. The summed E-state index contributed by atoms with van der Waals surface area (Å²) in [4.78, 5) is 22.7. The highest BCUT2D eigenvalue weighted by atomic mass is 16.8. The van der Waals surface area contributed by atoms with E-state index in [-0.39, 0.29) is 11.6 Å². The first-order valence-electron chi connectivity index (χ1n) is 8.31. The zero-order valence-electron chi connectivity index (χ0n) is 14.6. The van der Waals surface area contributed by atoms with Crippen molar-refractivity contribution in [1.29, 1.82) is 0 Å². The summed E-state index contributed by atoms with van der Waals surface area (Å²) in [7, 11) is 0. The van der Waals surface area contributed by atoms with Gasteiger partial charge in [-0.2, -0.15) is 0 Å². The fraction of sp³-hybridized carbons (Fsp3) is 0.300. The second-order valence-electron chi connectivity index (χ2n) is 5.88. The van der Waals surface area contributed by atoms with E-state index in [4.69, 9.17) is 18.9 Å². The summed E-state index contributed by atoms with van der Waals surface area (Å²) in [5.74, 6) is 1.07. The SMILES string of the molecule is CC(=O)c1ccc(O[C@@H]2OCCO[C@H]2Oc2ccc(C(C)=O)cc2)cc1. The number of ether oxygens (including phenoxy) is 4. The molecule has 0 spiro atoms. The number of ketones is 2. The summed E-state index contributed by atoms with van der Waals surface area (Å²) in [6.45, 7) is 3.79.